The van der Waals surface area contributed by atoms with Crippen LogP contribution in [-0.2, 0) is 16.0 Å². The second-order valence-electron chi connectivity index (χ2n) is 7.92. The van der Waals surface area contributed by atoms with Gasteiger partial charge >= 0.3 is 0 Å². The Labute approximate surface area is 200 Å². The molecule has 0 aliphatic carbocycles. The molecule has 1 unspecified atom stereocenters. The van der Waals surface area contributed by atoms with Crippen molar-refractivity contribution in [3.05, 3.63) is 108 Å². The molecule has 2 atom stereocenters. The van der Waals surface area contributed by atoms with E-state index in [0.29, 0.717) is 11.4 Å². The predicted octanol–water partition coefficient (Wildman–Crippen LogP) is 3.97. The number of halogens is 2. The fraction of sp³-hybridized carbons (Fsp3) is 0.154. The summed E-state index contributed by atoms with van der Waals surface area (Å²) in [7, 11) is 0. The molecule has 0 bridgehead atoms. The number of nitrogens with zero attached hydrogens (tertiary/aromatic N) is 2. The Bertz CT molecular complexity index is 1290. The van der Waals surface area contributed by atoms with Crippen molar-refractivity contribution < 1.29 is 22.9 Å². The number of hydrogen-bond donors (Lipinski definition) is 2. The van der Waals surface area contributed by atoms with Gasteiger partial charge in [0, 0.05) is 11.6 Å². The molecule has 0 spiro atoms. The van der Waals surface area contributed by atoms with Crippen LogP contribution in [0, 0.1) is 11.6 Å². The summed E-state index contributed by atoms with van der Waals surface area (Å²) in [5, 5.41) is 9.40. The lowest BCUT2D eigenvalue weighted by Crippen LogP contribution is -2.46. The van der Waals surface area contributed by atoms with Gasteiger partial charge in [0.1, 0.15) is 23.7 Å². The van der Waals surface area contributed by atoms with E-state index in [0.717, 1.165) is 23.8 Å². The van der Waals surface area contributed by atoms with Gasteiger partial charge in [-0.3, -0.25) is 9.59 Å². The van der Waals surface area contributed by atoms with Crippen LogP contribution >= 0.6 is 0 Å². The summed E-state index contributed by atoms with van der Waals surface area (Å²) >= 11 is 0. The van der Waals surface area contributed by atoms with E-state index >= 15 is 0 Å². The number of hydrogen-bond acceptors (Lipinski definition) is 5. The molecule has 0 aliphatic heterocycles. The maximum Gasteiger partial charge on any atom is 0.254 e. The Kier molecular flexibility index (Phi) is 7.25. The first kappa shape index (κ1) is 23.7. The monoisotopic (exact) mass is 476 g/mol. The number of carbonyl (C=O) groups excluding carboxylic acids is 2. The van der Waals surface area contributed by atoms with Crippen molar-refractivity contribution in [1.29, 1.82) is 0 Å². The molecule has 35 heavy (non-hydrogen) atoms. The zero-order valence-corrected chi connectivity index (χ0v) is 18.7. The van der Waals surface area contributed by atoms with Gasteiger partial charge in [-0.1, -0.05) is 65.8 Å². The van der Waals surface area contributed by atoms with E-state index in [4.69, 9.17) is 4.52 Å². The van der Waals surface area contributed by atoms with Crippen molar-refractivity contribution in [2.24, 2.45) is 0 Å². The molecule has 9 heteroatoms. The summed E-state index contributed by atoms with van der Waals surface area (Å²) in [6.45, 7) is 1.50. The molecule has 0 saturated heterocycles. The molecular formula is C26H22F2N4O3. The summed E-state index contributed by atoms with van der Waals surface area (Å²) in [6.07, 6.45) is -0.279. The van der Waals surface area contributed by atoms with E-state index < -0.39 is 35.5 Å². The fourth-order valence-corrected chi connectivity index (χ4v) is 3.51. The molecular weight excluding hydrogens is 454 g/mol. The highest BCUT2D eigenvalue weighted by atomic mass is 19.1. The Morgan fingerprint density at radius 2 is 1.54 bits per heavy atom. The number of nitrogens with one attached hydrogen (secondary N) is 2. The highest BCUT2D eigenvalue weighted by Crippen LogP contribution is 2.24. The Hall–Kier alpha value is -4.40. The maximum absolute atomic E-state index is 13.4. The van der Waals surface area contributed by atoms with E-state index in [1.807, 2.05) is 48.5 Å². The lowest BCUT2D eigenvalue weighted by molar-refractivity contribution is -0.128. The van der Waals surface area contributed by atoms with Gasteiger partial charge in [-0.05, 0) is 30.2 Å². The molecule has 0 saturated carbocycles. The highest BCUT2D eigenvalue weighted by molar-refractivity contribution is 5.88. The first-order chi connectivity index (χ1) is 16.9. The third kappa shape index (κ3) is 6.14. The Balaban J connectivity index is 1.47. The highest BCUT2D eigenvalue weighted by Gasteiger charge is 2.26. The van der Waals surface area contributed by atoms with Crippen molar-refractivity contribution >= 4 is 11.8 Å². The van der Waals surface area contributed by atoms with Crippen LogP contribution in [-0.4, -0.2) is 28.0 Å². The maximum atomic E-state index is 13.4. The minimum absolute atomic E-state index is 0.161. The molecule has 1 heterocycles. The van der Waals surface area contributed by atoms with Crippen LogP contribution in [0.25, 0.3) is 11.4 Å². The van der Waals surface area contributed by atoms with Crippen LogP contribution in [0.1, 0.15) is 30.0 Å². The number of carbonyl (C=O) groups is 2. The second-order valence-corrected chi connectivity index (χ2v) is 7.92. The minimum atomic E-state index is -0.941. The van der Waals surface area contributed by atoms with E-state index in [1.165, 1.54) is 6.92 Å². The van der Waals surface area contributed by atoms with E-state index in [9.17, 15) is 18.4 Å². The summed E-state index contributed by atoms with van der Waals surface area (Å²) < 4.78 is 32.2. The van der Waals surface area contributed by atoms with E-state index in [2.05, 4.69) is 20.8 Å². The van der Waals surface area contributed by atoms with Crippen molar-refractivity contribution in [2.75, 3.05) is 0 Å². The van der Waals surface area contributed by atoms with Gasteiger partial charge in [0.15, 0.2) is 0 Å². The van der Waals surface area contributed by atoms with Gasteiger partial charge in [-0.25, -0.2) is 8.78 Å². The second kappa shape index (κ2) is 10.7. The predicted molar refractivity (Wildman–Crippen MR) is 124 cm³/mol. The van der Waals surface area contributed by atoms with Crippen LogP contribution in [0.4, 0.5) is 8.78 Å². The first-order valence-electron chi connectivity index (χ1n) is 10.9. The van der Waals surface area contributed by atoms with E-state index in [-0.39, 0.29) is 17.9 Å². The molecule has 0 radical (unpaired) electrons. The van der Waals surface area contributed by atoms with Crippen LogP contribution in [0.15, 0.2) is 83.4 Å². The van der Waals surface area contributed by atoms with Crippen molar-refractivity contribution in [3.63, 3.8) is 0 Å². The standard InChI is InChI=1S/C26H22F2N4O3/c1-16(29-22(33)14-17-12-20(27)15-21(28)13-17)25(34)30-23(18-8-4-2-5-9-18)26-31-24(32-35-26)19-10-6-3-7-11-19/h2-13,15-16,23H,14H2,1H3,(H,29,33)(H,30,34)/t16-,23?/m0/s1. The van der Waals surface area contributed by atoms with Gasteiger partial charge in [0.05, 0.1) is 6.42 Å². The Morgan fingerprint density at radius 1 is 0.914 bits per heavy atom. The van der Waals surface area contributed by atoms with Crippen LogP contribution in [0.3, 0.4) is 0 Å². The molecule has 7 nitrogen and oxygen atoms in total. The van der Waals surface area contributed by atoms with Crippen LogP contribution < -0.4 is 10.6 Å². The van der Waals surface area contributed by atoms with Crippen LogP contribution in [0.5, 0.6) is 0 Å². The van der Waals surface area contributed by atoms with Crippen molar-refractivity contribution in [3.8, 4) is 11.4 Å². The number of aromatic nitrogens is 2. The van der Waals surface area contributed by atoms with Gasteiger partial charge < -0.3 is 15.2 Å². The SMILES string of the molecule is C[C@H](NC(=O)Cc1cc(F)cc(F)c1)C(=O)NC(c1ccccc1)c1nc(-c2ccccc2)no1. The molecule has 4 aromatic rings. The summed E-state index contributed by atoms with van der Waals surface area (Å²) in [6, 6.07) is 19.5. The normalized spacial score (nSPS) is 12.5. The zero-order chi connectivity index (χ0) is 24.8. The smallest absolute Gasteiger partial charge is 0.254 e. The molecule has 4 rings (SSSR count). The number of rotatable bonds is 8. The number of benzene rings is 3. The first-order valence-corrected chi connectivity index (χ1v) is 10.9. The lowest BCUT2D eigenvalue weighted by atomic mass is 10.1. The molecule has 178 valence electrons. The molecule has 1 aromatic heterocycles. The molecule has 0 aliphatic rings. The topological polar surface area (TPSA) is 97.1 Å². The van der Waals surface area contributed by atoms with Gasteiger partial charge in [0.2, 0.25) is 17.6 Å². The Morgan fingerprint density at radius 3 is 2.20 bits per heavy atom. The van der Waals surface area contributed by atoms with Crippen molar-refractivity contribution in [1.82, 2.24) is 20.8 Å². The average Bonchev–Trinajstić information content (AvgIpc) is 3.32. The molecule has 3 aromatic carbocycles. The number of amides is 2. The summed E-state index contributed by atoms with van der Waals surface area (Å²) in [4.78, 5) is 29.7. The van der Waals surface area contributed by atoms with Crippen molar-refractivity contribution in [2.45, 2.75) is 25.4 Å². The fourth-order valence-electron chi connectivity index (χ4n) is 3.51. The lowest BCUT2D eigenvalue weighted by Gasteiger charge is -2.19. The average molecular weight is 476 g/mol. The molecule has 0 fully saturated rings. The third-order valence-electron chi connectivity index (χ3n) is 5.20. The largest absolute Gasteiger partial charge is 0.344 e. The quantitative estimate of drug-likeness (QED) is 0.401. The van der Waals surface area contributed by atoms with Crippen LogP contribution in [0.2, 0.25) is 0 Å². The molecule has 2 N–H and O–H groups in total. The van der Waals surface area contributed by atoms with Gasteiger partial charge in [0.25, 0.3) is 5.89 Å². The van der Waals surface area contributed by atoms with E-state index in [1.54, 1.807) is 12.1 Å². The molecule has 2 amide bonds. The van der Waals surface area contributed by atoms with Gasteiger partial charge in [-0.15, -0.1) is 0 Å². The van der Waals surface area contributed by atoms with Gasteiger partial charge in [-0.2, -0.15) is 4.98 Å². The third-order valence-corrected chi connectivity index (χ3v) is 5.20. The zero-order valence-electron chi connectivity index (χ0n) is 18.7. The summed E-state index contributed by atoms with van der Waals surface area (Å²) in [5.74, 6) is -2.07. The minimum Gasteiger partial charge on any atom is -0.344 e. The summed E-state index contributed by atoms with van der Waals surface area (Å²) in [5.41, 5.74) is 1.63.